The van der Waals surface area contributed by atoms with Gasteiger partial charge in [-0.3, -0.25) is 0 Å². The van der Waals surface area contributed by atoms with Crippen molar-refractivity contribution in [2.24, 2.45) is 5.73 Å². The van der Waals surface area contributed by atoms with Crippen molar-refractivity contribution in [1.29, 1.82) is 0 Å². The number of nitrogens with two attached hydrogens (primary N) is 1. The van der Waals surface area contributed by atoms with Crippen LogP contribution in [0.3, 0.4) is 0 Å². The molecule has 0 aliphatic rings. The number of ether oxygens (including phenoxy) is 2. The third-order valence-corrected chi connectivity index (χ3v) is 3.34. The molecule has 0 aliphatic heterocycles. The molecule has 106 valence electrons. The van der Waals surface area contributed by atoms with Gasteiger partial charge in [-0.1, -0.05) is 17.7 Å². The lowest BCUT2D eigenvalue weighted by molar-refractivity contribution is 0.393. The van der Waals surface area contributed by atoms with Gasteiger partial charge in [0, 0.05) is 6.07 Å². The Kier molecular flexibility index (Phi) is 4.47. The summed E-state index contributed by atoms with van der Waals surface area (Å²) in [5.41, 5.74) is 7.56. The van der Waals surface area contributed by atoms with Gasteiger partial charge in [0.1, 0.15) is 17.3 Å². The summed E-state index contributed by atoms with van der Waals surface area (Å²) in [7, 11) is 3.12. The van der Waals surface area contributed by atoms with Crippen LogP contribution in [0.25, 0.3) is 0 Å². The molecule has 2 aromatic carbocycles. The monoisotopic (exact) mass is 295 g/mol. The zero-order valence-corrected chi connectivity index (χ0v) is 11.9. The molecule has 0 bridgehead atoms. The van der Waals surface area contributed by atoms with Crippen LogP contribution < -0.4 is 15.2 Å². The number of hydrogen-bond acceptors (Lipinski definition) is 3. The van der Waals surface area contributed by atoms with Crippen LogP contribution in [0.15, 0.2) is 36.4 Å². The molecule has 0 fully saturated rings. The topological polar surface area (TPSA) is 44.5 Å². The molecular formula is C15H15ClFNO2. The van der Waals surface area contributed by atoms with Crippen LogP contribution in [0.1, 0.15) is 17.2 Å². The normalized spacial score (nSPS) is 12.1. The molecule has 3 nitrogen and oxygen atoms in total. The molecule has 20 heavy (non-hydrogen) atoms. The minimum absolute atomic E-state index is 0.0733. The summed E-state index contributed by atoms with van der Waals surface area (Å²) in [6, 6.07) is 9.36. The van der Waals surface area contributed by atoms with E-state index in [9.17, 15) is 4.39 Å². The van der Waals surface area contributed by atoms with Gasteiger partial charge in [-0.05, 0) is 35.4 Å². The van der Waals surface area contributed by atoms with Crippen LogP contribution in [-0.4, -0.2) is 14.2 Å². The molecule has 1 unspecified atom stereocenters. The minimum atomic E-state index is -0.495. The fraction of sp³-hybridized carbons (Fsp3) is 0.200. The van der Waals surface area contributed by atoms with Gasteiger partial charge in [0.25, 0.3) is 0 Å². The van der Waals surface area contributed by atoms with Crippen molar-refractivity contribution in [3.63, 3.8) is 0 Å². The highest BCUT2D eigenvalue weighted by atomic mass is 35.5. The standard InChI is InChI=1S/C15H15ClFNO2/c1-19-11-5-10(6-12(8-11)20-2)15(18)9-3-4-13(16)14(17)7-9/h3-8,15H,18H2,1-2H3. The summed E-state index contributed by atoms with van der Waals surface area (Å²) >= 11 is 5.67. The molecule has 0 saturated carbocycles. The van der Waals surface area contributed by atoms with Crippen LogP contribution in [0.4, 0.5) is 4.39 Å². The Bertz CT molecular complexity index is 597. The third-order valence-electron chi connectivity index (χ3n) is 3.04. The molecule has 0 amide bonds. The fourth-order valence-corrected chi connectivity index (χ4v) is 2.02. The van der Waals surface area contributed by atoms with E-state index in [4.69, 9.17) is 26.8 Å². The van der Waals surface area contributed by atoms with E-state index in [0.717, 1.165) is 5.56 Å². The summed E-state index contributed by atoms with van der Waals surface area (Å²) in [4.78, 5) is 0. The van der Waals surface area contributed by atoms with E-state index in [1.165, 1.54) is 12.1 Å². The predicted octanol–water partition coefficient (Wildman–Crippen LogP) is 3.54. The molecule has 5 heteroatoms. The van der Waals surface area contributed by atoms with Crippen LogP contribution in [0, 0.1) is 5.82 Å². The summed E-state index contributed by atoms with van der Waals surface area (Å²) in [6.45, 7) is 0. The lowest BCUT2D eigenvalue weighted by Crippen LogP contribution is -2.12. The Balaban J connectivity index is 2.41. The SMILES string of the molecule is COc1cc(OC)cc(C(N)c2ccc(Cl)c(F)c2)c1. The first-order valence-corrected chi connectivity index (χ1v) is 6.36. The van der Waals surface area contributed by atoms with E-state index >= 15 is 0 Å². The number of hydrogen-bond donors (Lipinski definition) is 1. The maximum absolute atomic E-state index is 13.5. The lowest BCUT2D eigenvalue weighted by atomic mass is 9.99. The Morgan fingerprint density at radius 3 is 2.10 bits per heavy atom. The largest absolute Gasteiger partial charge is 0.497 e. The molecule has 0 aromatic heterocycles. The van der Waals surface area contributed by atoms with Crippen molar-refractivity contribution in [3.05, 3.63) is 58.4 Å². The van der Waals surface area contributed by atoms with E-state index < -0.39 is 11.9 Å². The first kappa shape index (κ1) is 14.6. The van der Waals surface area contributed by atoms with E-state index in [0.29, 0.717) is 17.1 Å². The molecule has 0 spiro atoms. The lowest BCUT2D eigenvalue weighted by Gasteiger charge is -2.15. The van der Waals surface area contributed by atoms with Gasteiger partial charge in [0.15, 0.2) is 0 Å². The summed E-state index contributed by atoms with van der Waals surface area (Å²) in [6.07, 6.45) is 0. The highest BCUT2D eigenvalue weighted by Gasteiger charge is 2.13. The molecule has 0 aliphatic carbocycles. The Labute approximate surface area is 122 Å². The molecule has 0 saturated heterocycles. The first-order chi connectivity index (χ1) is 9.55. The first-order valence-electron chi connectivity index (χ1n) is 5.98. The van der Waals surface area contributed by atoms with Gasteiger partial charge in [-0.25, -0.2) is 4.39 Å². The predicted molar refractivity (Wildman–Crippen MR) is 77.0 cm³/mol. The highest BCUT2D eigenvalue weighted by molar-refractivity contribution is 6.30. The van der Waals surface area contributed by atoms with Crippen LogP contribution >= 0.6 is 11.6 Å². The minimum Gasteiger partial charge on any atom is -0.497 e. The van der Waals surface area contributed by atoms with Crippen molar-refractivity contribution in [2.45, 2.75) is 6.04 Å². The van der Waals surface area contributed by atoms with E-state index in [2.05, 4.69) is 0 Å². The number of rotatable bonds is 4. The molecule has 2 N–H and O–H groups in total. The van der Waals surface area contributed by atoms with Crippen LogP contribution in [-0.2, 0) is 0 Å². The van der Waals surface area contributed by atoms with Crippen molar-refractivity contribution in [2.75, 3.05) is 14.2 Å². The van der Waals surface area contributed by atoms with Gasteiger partial charge < -0.3 is 15.2 Å². The van der Waals surface area contributed by atoms with Gasteiger partial charge >= 0.3 is 0 Å². The quantitative estimate of drug-likeness (QED) is 0.938. The Hall–Kier alpha value is -1.78. The summed E-state index contributed by atoms with van der Waals surface area (Å²) in [5, 5.41) is 0.0733. The van der Waals surface area contributed by atoms with Crippen LogP contribution in [0.2, 0.25) is 5.02 Å². The summed E-state index contributed by atoms with van der Waals surface area (Å²) in [5.74, 6) is 0.767. The number of halogens is 2. The molecule has 0 heterocycles. The second-order valence-corrected chi connectivity index (χ2v) is 4.70. The molecule has 0 radical (unpaired) electrons. The molecule has 1 atom stereocenters. The van der Waals surface area contributed by atoms with Crippen molar-refractivity contribution >= 4 is 11.6 Å². The molecule has 2 rings (SSSR count). The van der Waals surface area contributed by atoms with E-state index in [1.807, 2.05) is 0 Å². The van der Waals surface area contributed by atoms with Gasteiger partial charge in [-0.2, -0.15) is 0 Å². The second-order valence-electron chi connectivity index (χ2n) is 4.30. The van der Waals surface area contributed by atoms with Gasteiger partial charge in [-0.15, -0.1) is 0 Å². The van der Waals surface area contributed by atoms with E-state index in [1.54, 1.807) is 38.5 Å². The average Bonchev–Trinajstić information content (AvgIpc) is 2.48. The average molecular weight is 296 g/mol. The zero-order valence-electron chi connectivity index (χ0n) is 11.2. The number of benzene rings is 2. The number of methoxy groups -OCH3 is 2. The maximum atomic E-state index is 13.5. The zero-order chi connectivity index (χ0) is 14.7. The van der Waals surface area contributed by atoms with Gasteiger partial charge in [0.05, 0.1) is 25.3 Å². The maximum Gasteiger partial charge on any atom is 0.142 e. The van der Waals surface area contributed by atoms with E-state index in [-0.39, 0.29) is 5.02 Å². The fourth-order valence-electron chi connectivity index (χ4n) is 1.91. The Morgan fingerprint density at radius 2 is 1.60 bits per heavy atom. The summed E-state index contributed by atoms with van der Waals surface area (Å²) < 4.78 is 23.9. The second kappa shape index (κ2) is 6.11. The molecular weight excluding hydrogens is 281 g/mol. The smallest absolute Gasteiger partial charge is 0.142 e. The third kappa shape index (κ3) is 3.03. The molecule has 2 aromatic rings. The van der Waals surface area contributed by atoms with Gasteiger partial charge in [0.2, 0.25) is 0 Å². The van der Waals surface area contributed by atoms with Crippen LogP contribution in [0.5, 0.6) is 11.5 Å². The Morgan fingerprint density at radius 1 is 1.00 bits per heavy atom. The van der Waals surface area contributed by atoms with Crippen molar-refractivity contribution in [3.8, 4) is 11.5 Å². The highest BCUT2D eigenvalue weighted by Crippen LogP contribution is 2.29. The van der Waals surface area contributed by atoms with Crippen molar-refractivity contribution in [1.82, 2.24) is 0 Å². The van der Waals surface area contributed by atoms with Crippen molar-refractivity contribution < 1.29 is 13.9 Å².